The number of nitrogens with zero attached hydrogens (tertiary/aromatic N) is 1. The first-order chi connectivity index (χ1) is 9.73. The number of benzene rings is 1. The van der Waals surface area contributed by atoms with Gasteiger partial charge in [0.05, 0.1) is 11.1 Å². The monoisotopic (exact) mass is 301 g/mol. The second kappa shape index (κ2) is 4.31. The summed E-state index contributed by atoms with van der Waals surface area (Å²) >= 11 is 1.50. The number of aryl methyl sites for hydroxylation is 1. The fraction of sp³-hybridized carbons (Fsp3) is 0.375. The average molecular weight is 301 g/mol. The minimum absolute atomic E-state index is 0.0478. The number of fused-ring (bicyclic) bond motifs is 1. The van der Waals surface area contributed by atoms with Crippen molar-refractivity contribution in [3.8, 4) is 11.3 Å². The maximum absolute atomic E-state index is 12.2. The first kappa shape index (κ1) is 14.1. The quantitative estimate of drug-likeness (QED) is 0.846. The lowest BCUT2D eigenvalue weighted by molar-refractivity contribution is -0.119. The lowest BCUT2D eigenvalue weighted by atomic mass is 9.82. The zero-order chi connectivity index (χ0) is 15.5. The van der Waals surface area contributed by atoms with Crippen molar-refractivity contribution in [2.45, 2.75) is 40.0 Å². The molecule has 1 aliphatic rings. The summed E-state index contributed by atoms with van der Waals surface area (Å²) in [6, 6.07) is 2.09. The Morgan fingerprint density at radius 2 is 1.90 bits per heavy atom. The maximum Gasteiger partial charge on any atom is 0.234 e. The van der Waals surface area contributed by atoms with Gasteiger partial charge in [0.15, 0.2) is 5.13 Å². The lowest BCUT2D eigenvalue weighted by Crippen LogP contribution is -2.26. The molecule has 1 aliphatic heterocycles. The first-order valence-electron chi connectivity index (χ1n) is 6.93. The summed E-state index contributed by atoms with van der Waals surface area (Å²) in [5.41, 5.74) is 11.5. The molecular formula is C16H19N3OS. The van der Waals surface area contributed by atoms with Gasteiger partial charge < -0.3 is 11.1 Å². The number of anilines is 2. The van der Waals surface area contributed by atoms with E-state index in [0.717, 1.165) is 38.5 Å². The number of carbonyl (C=O) groups is 1. The van der Waals surface area contributed by atoms with E-state index in [9.17, 15) is 4.79 Å². The van der Waals surface area contributed by atoms with E-state index in [0.29, 0.717) is 5.13 Å². The van der Waals surface area contributed by atoms with Crippen molar-refractivity contribution in [1.82, 2.24) is 4.98 Å². The van der Waals surface area contributed by atoms with Crippen LogP contribution < -0.4 is 11.1 Å². The summed E-state index contributed by atoms with van der Waals surface area (Å²) in [5.74, 6) is 0.0478. The number of nitrogens with one attached hydrogen (secondary N) is 1. The van der Waals surface area contributed by atoms with Crippen LogP contribution in [0.1, 0.15) is 35.4 Å². The molecule has 0 unspecified atom stereocenters. The van der Waals surface area contributed by atoms with Gasteiger partial charge in [-0.2, -0.15) is 0 Å². The van der Waals surface area contributed by atoms with Gasteiger partial charge in [0.1, 0.15) is 0 Å². The topological polar surface area (TPSA) is 68.0 Å². The third-order valence-electron chi connectivity index (χ3n) is 4.45. The number of hydrogen-bond acceptors (Lipinski definition) is 4. The minimum atomic E-state index is -0.516. The van der Waals surface area contributed by atoms with Crippen LogP contribution in [0.3, 0.4) is 0 Å². The molecule has 0 saturated heterocycles. The molecule has 4 nitrogen and oxygen atoms in total. The molecule has 2 aromatic rings. The van der Waals surface area contributed by atoms with E-state index in [2.05, 4.69) is 23.3 Å². The lowest BCUT2D eigenvalue weighted by Gasteiger charge is -2.18. The van der Waals surface area contributed by atoms with Crippen LogP contribution >= 0.6 is 11.3 Å². The van der Waals surface area contributed by atoms with Crippen molar-refractivity contribution >= 4 is 28.1 Å². The van der Waals surface area contributed by atoms with Crippen molar-refractivity contribution in [3.05, 3.63) is 27.6 Å². The molecule has 1 amide bonds. The molecule has 5 heteroatoms. The summed E-state index contributed by atoms with van der Waals surface area (Å²) in [7, 11) is 0. The SMILES string of the molecule is Cc1sc(N)nc1-c1cc2c(c(C)c1C)NC(=O)C2(C)C. The predicted molar refractivity (Wildman–Crippen MR) is 87.8 cm³/mol. The Balaban J connectivity index is 2.31. The molecule has 0 radical (unpaired) electrons. The second-order valence-corrected chi connectivity index (χ2v) is 7.37. The van der Waals surface area contributed by atoms with Crippen LogP contribution in [0.2, 0.25) is 0 Å². The van der Waals surface area contributed by atoms with E-state index in [1.807, 2.05) is 27.7 Å². The van der Waals surface area contributed by atoms with Crippen molar-refractivity contribution in [2.75, 3.05) is 11.1 Å². The van der Waals surface area contributed by atoms with E-state index in [4.69, 9.17) is 5.73 Å². The van der Waals surface area contributed by atoms with Crippen molar-refractivity contribution < 1.29 is 4.79 Å². The fourth-order valence-corrected chi connectivity index (χ4v) is 3.58. The van der Waals surface area contributed by atoms with E-state index in [1.54, 1.807) is 0 Å². The summed E-state index contributed by atoms with van der Waals surface area (Å²) in [6.07, 6.45) is 0. The predicted octanol–water partition coefficient (Wildman–Crippen LogP) is 3.55. The summed E-state index contributed by atoms with van der Waals surface area (Å²) in [6.45, 7) is 10.0. The Bertz CT molecular complexity index is 774. The molecule has 1 aromatic heterocycles. The minimum Gasteiger partial charge on any atom is -0.375 e. The highest BCUT2D eigenvalue weighted by Crippen LogP contribution is 2.44. The average Bonchev–Trinajstić information content (AvgIpc) is 2.83. The number of aromatic nitrogens is 1. The number of hydrogen-bond donors (Lipinski definition) is 2. The van der Waals surface area contributed by atoms with E-state index >= 15 is 0 Å². The molecule has 2 heterocycles. The summed E-state index contributed by atoms with van der Waals surface area (Å²) in [5, 5.41) is 3.59. The van der Waals surface area contributed by atoms with E-state index in [1.165, 1.54) is 11.3 Å². The molecule has 0 spiro atoms. The van der Waals surface area contributed by atoms with Crippen LogP contribution in [-0.2, 0) is 10.2 Å². The maximum atomic E-state index is 12.2. The van der Waals surface area contributed by atoms with Crippen molar-refractivity contribution in [1.29, 1.82) is 0 Å². The molecular weight excluding hydrogens is 282 g/mol. The van der Waals surface area contributed by atoms with E-state index in [-0.39, 0.29) is 5.91 Å². The third kappa shape index (κ3) is 1.87. The summed E-state index contributed by atoms with van der Waals surface area (Å²) in [4.78, 5) is 17.8. The Labute approximate surface area is 128 Å². The van der Waals surface area contributed by atoms with Gasteiger partial charge in [-0.15, -0.1) is 11.3 Å². The van der Waals surface area contributed by atoms with Crippen LogP contribution in [0, 0.1) is 20.8 Å². The molecule has 3 N–H and O–H groups in total. The Morgan fingerprint density at radius 3 is 2.48 bits per heavy atom. The second-order valence-electron chi connectivity index (χ2n) is 6.13. The van der Waals surface area contributed by atoms with Gasteiger partial charge in [-0.25, -0.2) is 4.98 Å². The molecule has 0 bridgehead atoms. The van der Waals surface area contributed by atoms with Gasteiger partial charge in [-0.3, -0.25) is 4.79 Å². The number of rotatable bonds is 1. The normalized spacial score (nSPS) is 16.0. The molecule has 0 saturated carbocycles. The molecule has 0 aliphatic carbocycles. The molecule has 0 atom stereocenters. The van der Waals surface area contributed by atoms with Crippen LogP contribution in [0.15, 0.2) is 6.07 Å². The standard InChI is InChI=1S/C16H19N3OS/c1-7-8(2)12-11(16(4,5)14(20)18-12)6-10(7)13-9(3)21-15(17)19-13/h6H,1-5H3,(H2,17,19)(H,18,20). The molecule has 110 valence electrons. The largest absolute Gasteiger partial charge is 0.375 e. The number of amides is 1. The van der Waals surface area contributed by atoms with Crippen molar-refractivity contribution in [2.24, 2.45) is 0 Å². The van der Waals surface area contributed by atoms with Gasteiger partial charge in [-0.05, 0) is 57.4 Å². The van der Waals surface area contributed by atoms with Crippen LogP contribution in [-0.4, -0.2) is 10.9 Å². The Hall–Kier alpha value is -1.88. The highest BCUT2D eigenvalue weighted by Gasteiger charge is 2.40. The van der Waals surface area contributed by atoms with Crippen LogP contribution in [0.4, 0.5) is 10.8 Å². The summed E-state index contributed by atoms with van der Waals surface area (Å²) < 4.78 is 0. The van der Waals surface area contributed by atoms with Crippen LogP contribution in [0.5, 0.6) is 0 Å². The number of thiazole rings is 1. The fourth-order valence-electron chi connectivity index (χ4n) is 2.88. The third-order valence-corrected chi connectivity index (χ3v) is 5.25. The van der Waals surface area contributed by atoms with Gasteiger partial charge in [0, 0.05) is 16.1 Å². The smallest absolute Gasteiger partial charge is 0.234 e. The van der Waals surface area contributed by atoms with Crippen molar-refractivity contribution in [3.63, 3.8) is 0 Å². The number of nitrogen functional groups attached to an aromatic ring is 1. The van der Waals surface area contributed by atoms with Gasteiger partial charge in [0.2, 0.25) is 5.91 Å². The first-order valence-corrected chi connectivity index (χ1v) is 7.74. The zero-order valence-electron chi connectivity index (χ0n) is 12.9. The van der Waals surface area contributed by atoms with Crippen LogP contribution in [0.25, 0.3) is 11.3 Å². The molecule has 1 aromatic carbocycles. The Morgan fingerprint density at radius 1 is 1.24 bits per heavy atom. The zero-order valence-corrected chi connectivity index (χ0v) is 13.7. The molecule has 21 heavy (non-hydrogen) atoms. The molecule has 3 rings (SSSR count). The molecule has 0 fully saturated rings. The van der Waals surface area contributed by atoms with E-state index < -0.39 is 5.41 Å². The highest BCUT2D eigenvalue weighted by atomic mass is 32.1. The van der Waals surface area contributed by atoms with Gasteiger partial charge in [0.25, 0.3) is 0 Å². The number of carbonyl (C=O) groups excluding carboxylic acids is 1. The Kier molecular flexibility index (Phi) is 2.89. The van der Waals surface area contributed by atoms with Gasteiger partial charge >= 0.3 is 0 Å². The number of nitrogens with two attached hydrogens (primary N) is 1. The highest BCUT2D eigenvalue weighted by molar-refractivity contribution is 7.15. The van der Waals surface area contributed by atoms with Gasteiger partial charge in [-0.1, -0.05) is 0 Å².